The van der Waals surface area contributed by atoms with Crippen molar-refractivity contribution < 1.29 is 50.0 Å². The van der Waals surface area contributed by atoms with Crippen LogP contribution in [0.15, 0.2) is 0 Å². The molecular formula is C24H41NO10. The molecular weight excluding hydrogens is 462 g/mol. The summed E-state index contributed by atoms with van der Waals surface area (Å²) in [4.78, 5) is 0. The maximum absolute atomic E-state index is 11.0. The van der Waals surface area contributed by atoms with E-state index >= 15 is 0 Å². The van der Waals surface area contributed by atoms with Crippen LogP contribution in [0.25, 0.3) is 0 Å². The molecule has 35 heavy (non-hydrogen) atoms. The van der Waals surface area contributed by atoms with Crippen LogP contribution in [-0.4, -0.2) is 116 Å². The quantitative estimate of drug-likeness (QED) is 0.200. The lowest BCUT2D eigenvalue weighted by Gasteiger charge is -2.66. The summed E-state index contributed by atoms with van der Waals surface area (Å²) >= 11 is 0. The Morgan fingerprint density at radius 1 is 0.743 bits per heavy atom. The average molecular weight is 504 g/mol. The first-order valence-electron chi connectivity index (χ1n) is 12.8. The van der Waals surface area contributed by atoms with Crippen LogP contribution in [0.3, 0.4) is 0 Å². The van der Waals surface area contributed by atoms with Crippen molar-refractivity contribution in [3.05, 3.63) is 0 Å². The van der Waals surface area contributed by atoms with Crippen molar-refractivity contribution in [3.63, 3.8) is 0 Å². The van der Waals surface area contributed by atoms with E-state index in [0.717, 1.165) is 19.3 Å². The molecule has 11 heteroatoms. The Hall–Kier alpha value is -0.440. The van der Waals surface area contributed by atoms with Crippen LogP contribution in [-0.2, 0) is 14.2 Å². The zero-order valence-electron chi connectivity index (χ0n) is 20.4. The van der Waals surface area contributed by atoms with Gasteiger partial charge in [-0.2, -0.15) is 0 Å². The molecule has 12 atom stereocenters. The lowest BCUT2D eigenvalue weighted by Crippen LogP contribution is -2.71. The van der Waals surface area contributed by atoms with E-state index in [4.69, 9.17) is 14.2 Å². The molecule has 202 valence electrons. The molecule has 0 aromatic rings. The van der Waals surface area contributed by atoms with Gasteiger partial charge >= 0.3 is 0 Å². The zero-order valence-corrected chi connectivity index (χ0v) is 20.4. The van der Waals surface area contributed by atoms with Gasteiger partial charge in [0.05, 0.1) is 13.2 Å². The number of hydrogen-bond donors (Lipinski definition) is 8. The molecule has 2 saturated heterocycles. The summed E-state index contributed by atoms with van der Waals surface area (Å²) in [6.07, 6.45) is -7.26. The SMILES string of the molecule is CC12CC3CC(C)(C1)CC(NC1O[C@H](CO)C(O[C@@H]4O[C@H](CO)[C@@H](O)[C@H](O)[C@H]4O)[C@H](O)[C@H]1O)(C3)C2. The third-order valence-electron chi connectivity index (χ3n) is 9.08. The minimum Gasteiger partial charge on any atom is -0.394 e. The minimum absolute atomic E-state index is 0.223. The van der Waals surface area contributed by atoms with Gasteiger partial charge < -0.3 is 50.0 Å². The van der Waals surface area contributed by atoms with Gasteiger partial charge in [-0.15, -0.1) is 0 Å². The van der Waals surface area contributed by atoms with Gasteiger partial charge in [0.2, 0.25) is 0 Å². The molecule has 0 aromatic carbocycles. The second kappa shape index (κ2) is 9.09. The van der Waals surface area contributed by atoms with Crippen molar-refractivity contribution in [1.82, 2.24) is 5.32 Å². The summed E-state index contributed by atoms with van der Waals surface area (Å²) in [5, 5.41) is 75.3. The lowest BCUT2D eigenvalue weighted by molar-refractivity contribution is -0.344. The lowest BCUT2D eigenvalue weighted by atomic mass is 9.42. The molecule has 6 rings (SSSR count). The Labute approximate surface area is 205 Å². The summed E-state index contributed by atoms with van der Waals surface area (Å²) in [6, 6.07) is 0. The summed E-state index contributed by atoms with van der Waals surface area (Å²) in [7, 11) is 0. The summed E-state index contributed by atoms with van der Waals surface area (Å²) < 4.78 is 17.1. The molecule has 6 aliphatic rings. The second-order valence-corrected chi connectivity index (χ2v) is 12.6. The predicted octanol–water partition coefficient (Wildman–Crippen LogP) is -2.05. The molecule has 0 spiro atoms. The molecule has 0 radical (unpaired) electrons. The van der Waals surface area contributed by atoms with E-state index in [0.29, 0.717) is 5.92 Å². The van der Waals surface area contributed by atoms with Crippen molar-refractivity contribution >= 4 is 0 Å². The zero-order chi connectivity index (χ0) is 25.3. The number of aliphatic hydroxyl groups is 7. The van der Waals surface area contributed by atoms with Gasteiger partial charge in [0.1, 0.15) is 55.1 Å². The monoisotopic (exact) mass is 503 g/mol. The van der Waals surface area contributed by atoms with Gasteiger partial charge in [0.15, 0.2) is 6.29 Å². The van der Waals surface area contributed by atoms with Crippen molar-refractivity contribution in [2.24, 2.45) is 16.7 Å². The molecule has 4 aliphatic carbocycles. The van der Waals surface area contributed by atoms with Crippen molar-refractivity contribution in [1.29, 1.82) is 0 Å². The Morgan fingerprint density at radius 3 is 1.94 bits per heavy atom. The second-order valence-electron chi connectivity index (χ2n) is 12.6. The van der Waals surface area contributed by atoms with Crippen LogP contribution in [0.2, 0.25) is 0 Å². The molecule has 11 nitrogen and oxygen atoms in total. The predicted molar refractivity (Wildman–Crippen MR) is 120 cm³/mol. The highest BCUT2D eigenvalue weighted by atomic mass is 16.7. The Kier molecular flexibility index (Phi) is 6.80. The van der Waals surface area contributed by atoms with Gasteiger partial charge in [-0.05, 0) is 55.3 Å². The van der Waals surface area contributed by atoms with Crippen LogP contribution in [0.1, 0.15) is 52.4 Å². The van der Waals surface area contributed by atoms with E-state index in [9.17, 15) is 35.7 Å². The van der Waals surface area contributed by atoms with E-state index < -0.39 is 74.6 Å². The molecule has 8 N–H and O–H groups in total. The van der Waals surface area contributed by atoms with E-state index in [1.807, 2.05) is 0 Å². The number of hydrogen-bond acceptors (Lipinski definition) is 11. The summed E-state index contributed by atoms with van der Waals surface area (Å²) in [5.41, 5.74) is 0.230. The largest absolute Gasteiger partial charge is 0.394 e. The van der Waals surface area contributed by atoms with Crippen LogP contribution >= 0.6 is 0 Å². The number of nitrogens with one attached hydrogen (secondary N) is 1. The molecule has 6 fully saturated rings. The highest BCUT2D eigenvalue weighted by molar-refractivity contribution is 5.15. The molecule has 2 heterocycles. The summed E-state index contributed by atoms with van der Waals surface area (Å²) in [5.74, 6) is 0.607. The Balaban J connectivity index is 1.30. The third kappa shape index (κ3) is 4.57. The standard InChI is InChI=1S/C24H41NO10/c1-22-3-11-4-23(2,8-22)10-24(5-11,9-22)25-20-17(31)16(30)19(13(7-27)33-20)35-21-18(32)15(29)14(28)12(6-26)34-21/h11-21,25-32H,3-10H2,1-2H3/t11?,12-,13-,14-,15+,16-,17-,18-,19?,20?,21+,22?,23?,24?/m1/s1. The molecule has 0 aromatic heterocycles. The fourth-order valence-electron chi connectivity index (χ4n) is 8.62. The number of ether oxygens (including phenoxy) is 3. The minimum atomic E-state index is -1.68. The fraction of sp³-hybridized carbons (Fsp3) is 1.00. The van der Waals surface area contributed by atoms with Crippen molar-refractivity contribution in [2.75, 3.05) is 13.2 Å². The number of rotatable bonds is 6. The first-order chi connectivity index (χ1) is 16.4. The highest BCUT2D eigenvalue weighted by Gasteiger charge is 2.61. The van der Waals surface area contributed by atoms with Crippen molar-refractivity contribution in [3.8, 4) is 0 Å². The van der Waals surface area contributed by atoms with Crippen LogP contribution in [0.4, 0.5) is 0 Å². The molecule has 2 aliphatic heterocycles. The maximum Gasteiger partial charge on any atom is 0.187 e. The van der Waals surface area contributed by atoms with E-state index in [2.05, 4.69) is 19.2 Å². The molecule has 4 unspecified atom stereocenters. The third-order valence-corrected chi connectivity index (χ3v) is 9.08. The number of aliphatic hydroxyl groups excluding tert-OH is 7. The van der Waals surface area contributed by atoms with Crippen LogP contribution in [0, 0.1) is 16.7 Å². The van der Waals surface area contributed by atoms with Gasteiger partial charge in [0, 0.05) is 5.54 Å². The smallest absolute Gasteiger partial charge is 0.187 e. The topological polar surface area (TPSA) is 181 Å². The fourth-order valence-corrected chi connectivity index (χ4v) is 8.62. The summed E-state index contributed by atoms with van der Waals surface area (Å²) in [6.45, 7) is 3.50. The van der Waals surface area contributed by atoms with Gasteiger partial charge in [-0.25, -0.2) is 0 Å². The first-order valence-corrected chi connectivity index (χ1v) is 12.8. The Morgan fingerprint density at radius 2 is 1.37 bits per heavy atom. The van der Waals surface area contributed by atoms with Gasteiger partial charge in [0.25, 0.3) is 0 Å². The first kappa shape index (κ1) is 26.2. The van der Waals surface area contributed by atoms with E-state index in [1.54, 1.807) is 0 Å². The van der Waals surface area contributed by atoms with Crippen molar-refractivity contribution in [2.45, 2.75) is 119 Å². The van der Waals surface area contributed by atoms with Crippen LogP contribution in [0.5, 0.6) is 0 Å². The normalized spacial score (nSPS) is 58.0. The molecule has 0 amide bonds. The maximum atomic E-state index is 11.0. The van der Waals surface area contributed by atoms with E-state index in [1.165, 1.54) is 19.3 Å². The Bertz CT molecular complexity index is 763. The van der Waals surface area contributed by atoms with E-state index in [-0.39, 0.29) is 16.4 Å². The molecule has 4 saturated carbocycles. The van der Waals surface area contributed by atoms with Gasteiger partial charge in [-0.1, -0.05) is 13.8 Å². The molecule has 4 bridgehead atoms. The average Bonchev–Trinajstić information content (AvgIpc) is 2.76. The van der Waals surface area contributed by atoms with Crippen LogP contribution < -0.4 is 5.32 Å². The highest BCUT2D eigenvalue weighted by Crippen LogP contribution is 2.66. The van der Waals surface area contributed by atoms with Gasteiger partial charge in [-0.3, -0.25) is 5.32 Å².